The number of hydrogen-bond acceptors (Lipinski definition) is 4. The Labute approximate surface area is 172 Å². The zero-order valence-electron chi connectivity index (χ0n) is 17.7. The Morgan fingerprint density at radius 2 is 1.72 bits per heavy atom. The molecule has 0 spiro atoms. The monoisotopic (exact) mass is 391 g/mol. The summed E-state index contributed by atoms with van der Waals surface area (Å²) in [5.74, 6) is 1.26. The van der Waals surface area contributed by atoms with Crippen LogP contribution in [0.2, 0.25) is 0 Å². The number of nitrogens with zero attached hydrogens (tertiary/aromatic N) is 3. The molecule has 0 atom stereocenters. The van der Waals surface area contributed by atoms with E-state index in [2.05, 4.69) is 30.9 Å². The summed E-state index contributed by atoms with van der Waals surface area (Å²) >= 11 is 0. The molecular weight excluding hydrogens is 362 g/mol. The highest BCUT2D eigenvalue weighted by atomic mass is 16.5. The minimum absolute atomic E-state index is 0.0604. The van der Waals surface area contributed by atoms with E-state index in [1.807, 2.05) is 66.4 Å². The van der Waals surface area contributed by atoms with Gasteiger partial charge in [0.2, 0.25) is 17.6 Å². The molecular formula is C24H29N3O2. The largest absolute Gasteiger partial charge is 0.339 e. The first kappa shape index (κ1) is 20.8. The van der Waals surface area contributed by atoms with Gasteiger partial charge in [-0.25, -0.2) is 0 Å². The molecule has 1 aromatic heterocycles. The fourth-order valence-electron chi connectivity index (χ4n) is 3.07. The Balaban J connectivity index is 1.69. The van der Waals surface area contributed by atoms with Gasteiger partial charge in [0, 0.05) is 31.5 Å². The minimum atomic E-state index is -0.0604. The van der Waals surface area contributed by atoms with Crippen molar-refractivity contribution in [2.75, 3.05) is 6.54 Å². The van der Waals surface area contributed by atoms with Crippen molar-refractivity contribution >= 4 is 5.91 Å². The zero-order chi connectivity index (χ0) is 20.9. The average molecular weight is 392 g/mol. The van der Waals surface area contributed by atoms with Crippen LogP contribution in [0.3, 0.4) is 0 Å². The molecule has 29 heavy (non-hydrogen) atoms. The Morgan fingerprint density at radius 3 is 2.38 bits per heavy atom. The van der Waals surface area contributed by atoms with Crippen LogP contribution in [0, 0.1) is 12.3 Å². The van der Waals surface area contributed by atoms with Crippen LogP contribution >= 0.6 is 0 Å². The molecule has 0 fully saturated rings. The summed E-state index contributed by atoms with van der Waals surface area (Å²) in [6, 6.07) is 18.1. The first-order valence-electron chi connectivity index (χ1n) is 10.0. The lowest BCUT2D eigenvalue weighted by atomic mass is 9.91. The summed E-state index contributed by atoms with van der Waals surface area (Å²) in [5, 5.41) is 4.09. The number of hydrogen-bond donors (Lipinski definition) is 0. The molecule has 0 aliphatic rings. The van der Waals surface area contributed by atoms with Crippen LogP contribution in [-0.4, -0.2) is 27.5 Å². The van der Waals surface area contributed by atoms with Crippen molar-refractivity contribution in [3.8, 4) is 11.4 Å². The highest BCUT2D eigenvalue weighted by Crippen LogP contribution is 2.21. The maximum atomic E-state index is 12.9. The van der Waals surface area contributed by atoms with E-state index in [4.69, 9.17) is 4.52 Å². The summed E-state index contributed by atoms with van der Waals surface area (Å²) in [4.78, 5) is 19.3. The molecule has 152 valence electrons. The van der Waals surface area contributed by atoms with Crippen molar-refractivity contribution < 1.29 is 9.32 Å². The number of rotatable bonds is 7. The molecule has 0 bridgehead atoms. The van der Waals surface area contributed by atoms with Crippen molar-refractivity contribution in [2.24, 2.45) is 5.41 Å². The Bertz CT molecular complexity index is 925. The topological polar surface area (TPSA) is 59.2 Å². The van der Waals surface area contributed by atoms with Gasteiger partial charge in [-0.05, 0) is 17.9 Å². The van der Waals surface area contributed by atoms with E-state index in [1.165, 1.54) is 5.56 Å². The van der Waals surface area contributed by atoms with Gasteiger partial charge in [-0.15, -0.1) is 0 Å². The van der Waals surface area contributed by atoms with Crippen molar-refractivity contribution in [3.05, 3.63) is 71.6 Å². The first-order valence-corrected chi connectivity index (χ1v) is 10.0. The Hall–Kier alpha value is -2.95. The summed E-state index contributed by atoms with van der Waals surface area (Å²) in [6.07, 6.45) is 1.03. The van der Waals surface area contributed by atoms with Gasteiger partial charge in [-0.2, -0.15) is 4.98 Å². The molecule has 0 N–H and O–H groups in total. The van der Waals surface area contributed by atoms with E-state index < -0.39 is 0 Å². The standard InChI is InChI=1S/C24H29N3O2/c1-18-10-12-20(13-11-18)23-25-21(29-26-23)14-15-27(22(28)16-24(2,3)4)17-19-8-6-5-7-9-19/h5-13H,14-17H2,1-4H3. The number of carbonyl (C=O) groups excluding carboxylic acids is 1. The molecule has 0 radical (unpaired) electrons. The lowest BCUT2D eigenvalue weighted by molar-refractivity contribution is -0.133. The van der Waals surface area contributed by atoms with Crippen LogP contribution in [-0.2, 0) is 17.8 Å². The number of carbonyl (C=O) groups is 1. The van der Waals surface area contributed by atoms with Crippen LogP contribution in [0.5, 0.6) is 0 Å². The third kappa shape index (κ3) is 6.28. The normalized spacial score (nSPS) is 11.4. The molecule has 1 heterocycles. The van der Waals surface area contributed by atoms with Crippen molar-refractivity contribution in [2.45, 2.75) is 47.1 Å². The number of aromatic nitrogens is 2. The van der Waals surface area contributed by atoms with Crippen molar-refractivity contribution in [1.82, 2.24) is 15.0 Å². The molecule has 0 saturated carbocycles. The SMILES string of the molecule is Cc1ccc(-c2noc(CCN(Cc3ccccc3)C(=O)CC(C)(C)C)n2)cc1. The Kier molecular flexibility index (Phi) is 6.47. The van der Waals surface area contributed by atoms with Gasteiger partial charge in [-0.1, -0.05) is 86.1 Å². The third-order valence-electron chi connectivity index (χ3n) is 4.62. The molecule has 3 rings (SSSR count). The zero-order valence-corrected chi connectivity index (χ0v) is 17.7. The minimum Gasteiger partial charge on any atom is -0.339 e. The molecule has 5 heteroatoms. The van der Waals surface area contributed by atoms with Crippen LogP contribution in [0.4, 0.5) is 0 Å². The second-order valence-electron chi connectivity index (χ2n) is 8.67. The van der Waals surface area contributed by atoms with E-state index in [9.17, 15) is 4.79 Å². The van der Waals surface area contributed by atoms with Gasteiger partial charge in [0.25, 0.3) is 0 Å². The van der Waals surface area contributed by atoms with Crippen LogP contribution in [0.15, 0.2) is 59.1 Å². The van der Waals surface area contributed by atoms with Crippen molar-refractivity contribution in [1.29, 1.82) is 0 Å². The molecule has 2 aromatic carbocycles. The molecule has 0 aliphatic carbocycles. The molecule has 3 aromatic rings. The van der Waals surface area contributed by atoms with Crippen LogP contribution in [0.25, 0.3) is 11.4 Å². The molecule has 1 amide bonds. The second-order valence-corrected chi connectivity index (χ2v) is 8.67. The van der Waals surface area contributed by atoms with Gasteiger partial charge in [0.1, 0.15) is 0 Å². The van der Waals surface area contributed by atoms with Crippen LogP contribution < -0.4 is 0 Å². The smallest absolute Gasteiger partial charge is 0.228 e. The predicted molar refractivity (Wildman–Crippen MR) is 114 cm³/mol. The van der Waals surface area contributed by atoms with Gasteiger partial charge >= 0.3 is 0 Å². The van der Waals surface area contributed by atoms with Crippen LogP contribution in [0.1, 0.15) is 44.2 Å². The van der Waals surface area contributed by atoms with Gasteiger partial charge in [-0.3, -0.25) is 4.79 Å². The van der Waals surface area contributed by atoms with Gasteiger partial charge < -0.3 is 9.42 Å². The summed E-state index contributed by atoms with van der Waals surface area (Å²) in [7, 11) is 0. The second kappa shape index (κ2) is 9.03. The number of benzene rings is 2. The average Bonchev–Trinajstić information content (AvgIpc) is 3.14. The predicted octanol–water partition coefficient (Wildman–Crippen LogP) is 5.05. The maximum absolute atomic E-state index is 12.9. The van der Waals surface area contributed by atoms with E-state index in [0.717, 1.165) is 11.1 Å². The quantitative estimate of drug-likeness (QED) is 0.565. The van der Waals surface area contributed by atoms with Gasteiger partial charge in [0.05, 0.1) is 0 Å². The Morgan fingerprint density at radius 1 is 1.03 bits per heavy atom. The lowest BCUT2D eigenvalue weighted by Crippen LogP contribution is -2.34. The number of aryl methyl sites for hydroxylation is 1. The molecule has 5 nitrogen and oxygen atoms in total. The fourth-order valence-corrected chi connectivity index (χ4v) is 3.07. The molecule has 0 unspecified atom stereocenters. The third-order valence-corrected chi connectivity index (χ3v) is 4.62. The van der Waals surface area contributed by atoms with Crippen molar-refractivity contribution in [3.63, 3.8) is 0 Å². The van der Waals surface area contributed by atoms with Gasteiger partial charge in [0.15, 0.2) is 0 Å². The lowest BCUT2D eigenvalue weighted by Gasteiger charge is -2.26. The van der Waals surface area contributed by atoms with E-state index >= 15 is 0 Å². The summed E-state index contributed by atoms with van der Waals surface area (Å²) < 4.78 is 5.43. The number of amides is 1. The summed E-state index contributed by atoms with van der Waals surface area (Å²) in [6.45, 7) is 9.40. The van der Waals surface area contributed by atoms with E-state index in [0.29, 0.717) is 37.6 Å². The maximum Gasteiger partial charge on any atom is 0.228 e. The van der Waals surface area contributed by atoms with E-state index in [-0.39, 0.29) is 11.3 Å². The molecule has 0 aliphatic heterocycles. The highest BCUT2D eigenvalue weighted by Gasteiger charge is 2.22. The highest BCUT2D eigenvalue weighted by molar-refractivity contribution is 5.76. The summed E-state index contributed by atoms with van der Waals surface area (Å²) in [5.41, 5.74) is 3.16. The fraction of sp³-hybridized carbons (Fsp3) is 0.375. The first-order chi connectivity index (χ1) is 13.8. The van der Waals surface area contributed by atoms with E-state index in [1.54, 1.807) is 0 Å². The molecule has 0 saturated heterocycles.